The number of rotatable bonds is 12. The van der Waals surface area contributed by atoms with Crippen molar-refractivity contribution in [3.63, 3.8) is 0 Å². The van der Waals surface area contributed by atoms with Gasteiger partial charge in [0.1, 0.15) is 29.0 Å². The predicted octanol–water partition coefficient (Wildman–Crippen LogP) is 3.86. The molecular weight excluding hydrogens is 640 g/mol. The predicted molar refractivity (Wildman–Crippen MR) is 156 cm³/mol. The summed E-state index contributed by atoms with van der Waals surface area (Å²) in [5, 5.41) is 19.1. The molecule has 0 radical (unpaired) electrons. The molecule has 0 unspecified atom stereocenters. The molecule has 4 rings (SSSR count). The second-order valence-corrected chi connectivity index (χ2v) is 12.3. The number of anilines is 1. The Morgan fingerprint density at radius 1 is 1.18 bits per heavy atom. The van der Waals surface area contributed by atoms with E-state index in [1.54, 1.807) is 30.9 Å². The van der Waals surface area contributed by atoms with Crippen LogP contribution in [0.2, 0.25) is 5.02 Å². The molecule has 0 amide bonds. The highest BCUT2D eigenvalue weighted by Crippen LogP contribution is 2.36. The number of halogens is 3. The van der Waals surface area contributed by atoms with Gasteiger partial charge in [-0.15, -0.1) is 0 Å². The minimum absolute atomic E-state index is 0.0112. The van der Waals surface area contributed by atoms with Gasteiger partial charge in [0, 0.05) is 24.1 Å². The molecule has 3 aromatic rings. The molecule has 244 valence electrons. The van der Waals surface area contributed by atoms with Crippen molar-refractivity contribution in [1.82, 2.24) is 4.90 Å². The van der Waals surface area contributed by atoms with Gasteiger partial charge in [-0.05, 0) is 56.7 Å². The van der Waals surface area contributed by atoms with Gasteiger partial charge in [-0.1, -0.05) is 11.6 Å². The summed E-state index contributed by atoms with van der Waals surface area (Å²) in [4.78, 5) is 26.5. The van der Waals surface area contributed by atoms with E-state index >= 15 is 0 Å². The summed E-state index contributed by atoms with van der Waals surface area (Å²) in [7, 11) is -4.26. The van der Waals surface area contributed by atoms with Gasteiger partial charge >= 0.3 is 11.9 Å². The number of hydrogen-bond acceptors (Lipinski definition) is 11. The van der Waals surface area contributed by atoms with Crippen molar-refractivity contribution in [2.45, 2.75) is 56.0 Å². The van der Waals surface area contributed by atoms with Crippen LogP contribution in [0.3, 0.4) is 0 Å². The van der Waals surface area contributed by atoms with Crippen LogP contribution in [0, 0.1) is 11.6 Å². The summed E-state index contributed by atoms with van der Waals surface area (Å²) in [6.07, 6.45) is 1.38. The normalized spacial score (nSPS) is 20.5. The molecule has 45 heavy (non-hydrogen) atoms. The van der Waals surface area contributed by atoms with Crippen LogP contribution in [-0.4, -0.2) is 62.4 Å². The molecule has 1 fully saturated rings. The lowest BCUT2D eigenvalue weighted by molar-refractivity contribution is -0.294. The summed E-state index contributed by atoms with van der Waals surface area (Å²) >= 11 is 6.10. The summed E-state index contributed by atoms with van der Waals surface area (Å²) in [5.41, 5.74) is -0.102. The number of sulfonamides is 1. The highest BCUT2D eigenvalue weighted by molar-refractivity contribution is 7.89. The zero-order valence-electron chi connectivity index (χ0n) is 24.3. The standard InChI is InChI=1S/C29H32ClF2N3O9S/c1-17-15-44-29(38,19-9-20(31)11-21(32)10-19)18(2)35(17)16-43-27(36)6-4-8-42-28(37)23-12-26(45(33,39)40)24(30)13-25(23)34-14-22-5-3-7-41-22/h3,5,7,9-13,17-18,34,38H,4,6,8,14-16H2,1-2H3,(H2,33,39,40)/t17-,18+,29-/m1/s1. The second-order valence-electron chi connectivity index (χ2n) is 10.4. The van der Waals surface area contributed by atoms with Crippen molar-refractivity contribution in [2.75, 3.05) is 25.3 Å². The largest absolute Gasteiger partial charge is 0.467 e. The Labute approximate surface area is 263 Å². The van der Waals surface area contributed by atoms with Gasteiger partial charge in [-0.2, -0.15) is 0 Å². The Kier molecular flexibility index (Phi) is 10.8. The van der Waals surface area contributed by atoms with Crippen molar-refractivity contribution >= 4 is 39.3 Å². The molecule has 2 aromatic carbocycles. The van der Waals surface area contributed by atoms with E-state index in [2.05, 4.69) is 5.32 Å². The van der Waals surface area contributed by atoms with E-state index in [1.807, 2.05) is 0 Å². The Morgan fingerprint density at radius 3 is 2.53 bits per heavy atom. The maximum atomic E-state index is 13.8. The van der Waals surface area contributed by atoms with Gasteiger partial charge in [0.2, 0.25) is 15.8 Å². The lowest BCUT2D eigenvalue weighted by Gasteiger charge is -2.47. The van der Waals surface area contributed by atoms with Gasteiger partial charge in [0.05, 0.1) is 48.3 Å². The monoisotopic (exact) mass is 671 g/mol. The third-order valence-electron chi connectivity index (χ3n) is 7.22. The first-order valence-corrected chi connectivity index (χ1v) is 15.7. The maximum Gasteiger partial charge on any atom is 0.340 e. The smallest absolute Gasteiger partial charge is 0.340 e. The SMILES string of the molecule is C[C@@H]1CO[C@@](O)(c2cc(F)cc(F)c2)[C@H](C)N1COC(=O)CCCOC(=O)c1cc(S(N)(=O)=O)c(Cl)cc1NCc1ccco1. The molecule has 0 bridgehead atoms. The molecule has 2 heterocycles. The summed E-state index contributed by atoms with van der Waals surface area (Å²) < 4.78 is 73.1. The Bertz CT molecular complexity index is 1620. The molecule has 1 aromatic heterocycles. The molecule has 16 heteroatoms. The van der Waals surface area contributed by atoms with Crippen molar-refractivity contribution in [3.05, 3.63) is 82.3 Å². The number of furan rings is 1. The van der Waals surface area contributed by atoms with E-state index < -0.39 is 50.3 Å². The molecule has 1 saturated heterocycles. The zero-order valence-corrected chi connectivity index (χ0v) is 25.9. The number of nitrogens with zero attached hydrogens (tertiary/aromatic N) is 1. The number of hydrogen-bond donors (Lipinski definition) is 3. The van der Waals surface area contributed by atoms with Crippen molar-refractivity contribution < 1.29 is 50.5 Å². The van der Waals surface area contributed by atoms with Gasteiger partial charge in [0.15, 0.2) is 0 Å². The fraction of sp³-hybridized carbons (Fsp3) is 0.379. The molecular formula is C29H32ClF2N3O9S. The van der Waals surface area contributed by atoms with E-state index in [4.69, 9.17) is 35.4 Å². The first kappa shape index (κ1) is 34.3. The van der Waals surface area contributed by atoms with Crippen LogP contribution in [0.15, 0.2) is 58.0 Å². The van der Waals surface area contributed by atoms with Crippen molar-refractivity contribution in [1.29, 1.82) is 0 Å². The van der Waals surface area contributed by atoms with Crippen molar-refractivity contribution in [2.24, 2.45) is 5.14 Å². The Morgan fingerprint density at radius 2 is 1.89 bits per heavy atom. The molecule has 12 nitrogen and oxygen atoms in total. The summed E-state index contributed by atoms with van der Waals surface area (Å²) in [6, 6.07) is 7.05. The minimum atomic E-state index is -4.26. The van der Waals surface area contributed by atoms with E-state index in [1.165, 1.54) is 12.3 Å². The summed E-state index contributed by atoms with van der Waals surface area (Å²) in [5.74, 6) is -4.82. The lowest BCUT2D eigenvalue weighted by Crippen LogP contribution is -2.60. The molecule has 4 N–H and O–H groups in total. The van der Waals surface area contributed by atoms with Gasteiger partial charge in [-0.25, -0.2) is 27.1 Å². The number of esters is 2. The van der Waals surface area contributed by atoms with Gasteiger partial charge in [-0.3, -0.25) is 9.69 Å². The lowest BCUT2D eigenvalue weighted by atomic mass is 9.94. The number of carbonyl (C=O) groups is 2. The number of nitrogens with one attached hydrogen (secondary N) is 1. The van der Waals surface area contributed by atoms with Crippen LogP contribution < -0.4 is 10.5 Å². The van der Waals surface area contributed by atoms with Crippen LogP contribution in [0.25, 0.3) is 0 Å². The van der Waals surface area contributed by atoms with E-state index in [-0.39, 0.29) is 67.2 Å². The fourth-order valence-corrected chi connectivity index (χ4v) is 5.85. The molecule has 0 aliphatic carbocycles. The maximum absolute atomic E-state index is 13.8. The average molecular weight is 672 g/mol. The number of nitrogens with two attached hydrogens (primary N) is 1. The average Bonchev–Trinajstić information content (AvgIpc) is 3.49. The van der Waals surface area contributed by atoms with Gasteiger partial charge in [0.25, 0.3) is 0 Å². The molecule has 3 atom stereocenters. The highest BCUT2D eigenvalue weighted by Gasteiger charge is 2.46. The van der Waals surface area contributed by atoms with Crippen LogP contribution >= 0.6 is 11.6 Å². The number of benzene rings is 2. The number of morpholine rings is 1. The third-order valence-corrected chi connectivity index (χ3v) is 8.59. The first-order valence-electron chi connectivity index (χ1n) is 13.7. The highest BCUT2D eigenvalue weighted by atomic mass is 35.5. The van der Waals surface area contributed by atoms with E-state index in [0.29, 0.717) is 11.8 Å². The third kappa shape index (κ3) is 8.36. The number of primary sulfonamides is 1. The zero-order chi connectivity index (χ0) is 32.9. The second kappa shape index (κ2) is 14.2. The van der Waals surface area contributed by atoms with Crippen LogP contribution in [0.4, 0.5) is 14.5 Å². The molecule has 1 aliphatic heterocycles. The summed E-state index contributed by atoms with van der Waals surface area (Å²) in [6.45, 7) is 3.01. The molecule has 1 aliphatic rings. The van der Waals surface area contributed by atoms with E-state index in [0.717, 1.165) is 18.2 Å². The minimum Gasteiger partial charge on any atom is -0.467 e. The van der Waals surface area contributed by atoms with Crippen LogP contribution in [0.1, 0.15) is 48.4 Å². The molecule has 0 saturated carbocycles. The quantitative estimate of drug-likeness (QED) is 0.189. The number of aliphatic hydroxyl groups is 1. The molecule has 0 spiro atoms. The topological polar surface area (TPSA) is 171 Å². The van der Waals surface area contributed by atoms with Crippen LogP contribution in [0.5, 0.6) is 0 Å². The fourth-order valence-electron chi connectivity index (χ4n) is 4.75. The number of carbonyl (C=O) groups excluding carboxylic acids is 2. The first-order chi connectivity index (χ1) is 21.2. The van der Waals surface area contributed by atoms with Crippen LogP contribution in [-0.2, 0) is 41.4 Å². The number of ether oxygens (including phenoxy) is 3. The van der Waals surface area contributed by atoms with E-state index in [9.17, 15) is 31.9 Å². The Balaban J connectivity index is 1.32. The van der Waals surface area contributed by atoms with Crippen molar-refractivity contribution in [3.8, 4) is 0 Å². The Hall–Kier alpha value is -3.60. The van der Waals surface area contributed by atoms with Gasteiger partial charge < -0.3 is 29.1 Å².